The maximum Gasteiger partial charge on any atom is 0.312 e. The Hall–Kier alpha value is -1.24. The fourth-order valence-corrected chi connectivity index (χ4v) is 7.33. The number of carbonyl (C=O) groups is 2. The van der Waals surface area contributed by atoms with Crippen LogP contribution in [-0.2, 0) is 9.59 Å². The normalized spacial score (nSPS) is 56.0. The minimum atomic E-state index is -1.54. The average Bonchev–Trinajstić information content (AvgIpc) is 2.79. The molecule has 0 aromatic rings. The van der Waals surface area contributed by atoms with Crippen LogP contribution in [0.2, 0.25) is 0 Å². The van der Waals surface area contributed by atoms with Crippen LogP contribution in [0.1, 0.15) is 52.4 Å². The molecule has 4 fully saturated rings. The quantitative estimate of drug-likeness (QED) is 0.521. The molecule has 4 saturated carbocycles. The number of carbonyl (C=O) groups excluding carboxylic acids is 1. The zero-order valence-electron chi connectivity index (χ0n) is 15.4. The van der Waals surface area contributed by atoms with Crippen molar-refractivity contribution >= 4 is 11.8 Å². The number of aliphatic carboxylic acids is 1. The van der Waals surface area contributed by atoms with E-state index in [-0.39, 0.29) is 12.2 Å². The molecule has 0 unspecified atom stereocenters. The lowest BCUT2D eigenvalue weighted by molar-refractivity contribution is -0.283. The summed E-state index contributed by atoms with van der Waals surface area (Å²) >= 11 is 0. The van der Waals surface area contributed by atoms with Crippen LogP contribution in [0, 0.1) is 28.1 Å². The summed E-state index contributed by atoms with van der Waals surface area (Å²) in [6.45, 7) is 7.26. The molecule has 6 heteroatoms. The largest absolute Gasteiger partial charge is 0.481 e. The van der Waals surface area contributed by atoms with E-state index in [1.54, 1.807) is 6.92 Å². The molecule has 0 saturated heterocycles. The molecule has 2 bridgehead atoms. The first kappa shape index (κ1) is 18.1. The number of ketones is 1. The molecular weight excluding hydrogens is 336 g/mol. The summed E-state index contributed by atoms with van der Waals surface area (Å²) in [4.78, 5) is 25.2. The molecule has 6 nitrogen and oxygen atoms in total. The lowest BCUT2D eigenvalue weighted by Gasteiger charge is -2.67. The molecule has 0 aromatic carbocycles. The zero-order valence-corrected chi connectivity index (χ0v) is 15.4. The van der Waals surface area contributed by atoms with Gasteiger partial charge in [-0.05, 0) is 44.6 Å². The third-order valence-electron chi connectivity index (χ3n) is 8.80. The summed E-state index contributed by atoms with van der Waals surface area (Å²) < 4.78 is 0. The molecule has 0 aromatic heterocycles. The number of carboxylic acids is 1. The van der Waals surface area contributed by atoms with E-state index in [1.807, 2.05) is 6.92 Å². The number of aliphatic hydroxyl groups excluding tert-OH is 2. The zero-order chi connectivity index (χ0) is 19.3. The van der Waals surface area contributed by atoms with Gasteiger partial charge < -0.3 is 20.4 Å². The number of Topliss-reactive ketones (excluding diaryl/α,β-unsaturated/α-hetero) is 1. The van der Waals surface area contributed by atoms with Gasteiger partial charge in [0.25, 0.3) is 0 Å². The van der Waals surface area contributed by atoms with Crippen molar-refractivity contribution in [1.82, 2.24) is 0 Å². The number of hydrogen-bond donors (Lipinski definition) is 4. The summed E-state index contributed by atoms with van der Waals surface area (Å²) in [6, 6.07) is 0. The Morgan fingerprint density at radius 3 is 2.38 bits per heavy atom. The third kappa shape index (κ3) is 1.65. The van der Waals surface area contributed by atoms with Gasteiger partial charge in [0, 0.05) is 22.7 Å². The van der Waals surface area contributed by atoms with E-state index in [4.69, 9.17) is 0 Å². The predicted molar refractivity (Wildman–Crippen MR) is 92.1 cm³/mol. The first-order chi connectivity index (χ1) is 12.0. The van der Waals surface area contributed by atoms with E-state index >= 15 is 0 Å². The van der Waals surface area contributed by atoms with Crippen LogP contribution in [0.3, 0.4) is 0 Å². The molecule has 4 rings (SSSR count). The molecule has 1 spiro atoms. The predicted octanol–water partition coefficient (Wildman–Crippen LogP) is 1.28. The van der Waals surface area contributed by atoms with Gasteiger partial charge in [-0.1, -0.05) is 19.9 Å². The number of aliphatic hydroxyl groups is 3. The van der Waals surface area contributed by atoms with Gasteiger partial charge in [-0.3, -0.25) is 9.59 Å². The number of fused-ring (bicyclic) bond motifs is 3. The van der Waals surface area contributed by atoms with Gasteiger partial charge in [-0.15, -0.1) is 0 Å². The Morgan fingerprint density at radius 2 is 1.77 bits per heavy atom. The van der Waals surface area contributed by atoms with E-state index in [0.29, 0.717) is 37.7 Å². The molecule has 0 amide bonds. The van der Waals surface area contributed by atoms with E-state index in [0.717, 1.165) is 0 Å². The van der Waals surface area contributed by atoms with Crippen LogP contribution in [0.4, 0.5) is 0 Å². The van der Waals surface area contributed by atoms with Gasteiger partial charge in [-0.2, -0.15) is 0 Å². The van der Waals surface area contributed by atoms with Gasteiger partial charge in [-0.25, -0.2) is 0 Å². The van der Waals surface area contributed by atoms with Gasteiger partial charge in [0.2, 0.25) is 0 Å². The fraction of sp³-hybridized carbons (Fsp3) is 0.800. The van der Waals surface area contributed by atoms with Crippen LogP contribution >= 0.6 is 0 Å². The van der Waals surface area contributed by atoms with Crippen molar-refractivity contribution in [3.63, 3.8) is 0 Å². The summed E-state index contributed by atoms with van der Waals surface area (Å²) in [5.74, 6) is -2.29. The minimum absolute atomic E-state index is 0.117. The first-order valence-electron chi connectivity index (χ1n) is 9.52. The Kier molecular flexibility index (Phi) is 3.47. The summed E-state index contributed by atoms with van der Waals surface area (Å²) in [5.41, 5.74) is -4.34. The second-order valence-corrected chi connectivity index (χ2v) is 9.55. The highest BCUT2D eigenvalue weighted by atomic mass is 16.4. The van der Waals surface area contributed by atoms with Crippen molar-refractivity contribution in [2.75, 3.05) is 0 Å². The smallest absolute Gasteiger partial charge is 0.312 e. The number of hydrogen-bond acceptors (Lipinski definition) is 5. The van der Waals surface area contributed by atoms with E-state index in [9.17, 15) is 30.0 Å². The molecule has 0 heterocycles. The molecule has 144 valence electrons. The second kappa shape index (κ2) is 4.97. The Morgan fingerprint density at radius 1 is 1.12 bits per heavy atom. The molecular formula is C20H28O6. The van der Waals surface area contributed by atoms with Crippen LogP contribution in [0.15, 0.2) is 12.2 Å². The van der Waals surface area contributed by atoms with E-state index < -0.39 is 51.9 Å². The van der Waals surface area contributed by atoms with E-state index in [1.165, 1.54) is 0 Å². The minimum Gasteiger partial charge on any atom is -0.481 e. The number of carboxylic acid groups (broad SMARTS) is 1. The van der Waals surface area contributed by atoms with Gasteiger partial charge in [0.15, 0.2) is 5.78 Å². The average molecular weight is 364 g/mol. The monoisotopic (exact) mass is 364 g/mol. The van der Waals surface area contributed by atoms with Crippen molar-refractivity contribution in [2.24, 2.45) is 28.1 Å². The Bertz CT molecular complexity index is 717. The molecule has 26 heavy (non-hydrogen) atoms. The van der Waals surface area contributed by atoms with Crippen LogP contribution in [0.25, 0.3) is 0 Å². The Balaban J connectivity index is 1.92. The van der Waals surface area contributed by atoms with Gasteiger partial charge >= 0.3 is 5.97 Å². The highest BCUT2D eigenvalue weighted by Gasteiger charge is 2.76. The maximum absolute atomic E-state index is 13.1. The highest BCUT2D eigenvalue weighted by molar-refractivity contribution is 6.03. The summed E-state index contributed by atoms with van der Waals surface area (Å²) in [5, 5.41) is 43.3. The third-order valence-corrected chi connectivity index (χ3v) is 8.80. The lowest BCUT2D eigenvalue weighted by Crippen LogP contribution is -2.73. The van der Waals surface area contributed by atoms with Crippen molar-refractivity contribution in [1.29, 1.82) is 0 Å². The van der Waals surface area contributed by atoms with Gasteiger partial charge in [0.05, 0.1) is 23.2 Å². The topological polar surface area (TPSA) is 115 Å². The Labute approximate surface area is 152 Å². The van der Waals surface area contributed by atoms with Crippen molar-refractivity contribution < 1.29 is 30.0 Å². The first-order valence-corrected chi connectivity index (χ1v) is 9.52. The molecule has 4 aliphatic carbocycles. The SMILES string of the molecule is C=C1C(=O)[C@@]23CC[C@]4(O)[C@](C)(C(=O)O)CCC[C@]4(C)[C@@H]2[C@@H](O)[C@@H](O)[C@@H]1C3. The fourth-order valence-electron chi connectivity index (χ4n) is 7.33. The van der Waals surface area contributed by atoms with E-state index in [2.05, 4.69) is 6.58 Å². The maximum atomic E-state index is 13.1. The summed E-state index contributed by atoms with van der Waals surface area (Å²) in [6.07, 6.45) is 0.151. The second-order valence-electron chi connectivity index (χ2n) is 9.55. The van der Waals surface area contributed by atoms with Crippen LogP contribution in [0.5, 0.6) is 0 Å². The molecule has 4 N–H and O–H groups in total. The standard InChI is InChI=1S/C20H28O6/c1-10-11-9-19(15(10)23)7-8-20(26)17(2,14(19)13(22)12(11)21)5-4-6-18(20,3)16(24)25/h11-14,21-22,26H,1,4-9H2,2-3H3,(H,24,25)/t11-,12+,13+,14+,17-,18+,19-,20-/m1/s1. The van der Waals surface area contributed by atoms with Crippen molar-refractivity contribution in [3.8, 4) is 0 Å². The lowest BCUT2D eigenvalue weighted by atomic mass is 9.38. The van der Waals surface area contributed by atoms with Crippen molar-refractivity contribution in [3.05, 3.63) is 12.2 Å². The highest BCUT2D eigenvalue weighted by Crippen LogP contribution is 2.72. The molecule has 0 aliphatic heterocycles. The molecule has 8 atom stereocenters. The number of rotatable bonds is 1. The molecule has 4 aliphatic rings. The van der Waals surface area contributed by atoms with Crippen LogP contribution in [-0.4, -0.2) is 50.0 Å². The van der Waals surface area contributed by atoms with Crippen molar-refractivity contribution in [2.45, 2.75) is 70.2 Å². The summed E-state index contributed by atoms with van der Waals surface area (Å²) in [7, 11) is 0. The van der Waals surface area contributed by atoms with Gasteiger partial charge in [0.1, 0.15) is 0 Å². The van der Waals surface area contributed by atoms with Crippen LogP contribution < -0.4 is 0 Å². The molecule has 0 radical (unpaired) electrons.